The number of cyclic esters (lactones) is 1. The standard InChI is InChI=1S/C25H32O2S2/c1-13-11-16(15(3)28-13)25(23(7,8)9)20-18(21(26)27-25)19(22(4,5)6)17-12-14(2)29-24(17,20)10/h11-12H,1-10H3/t24-,25+/m1/s1. The van der Waals surface area contributed by atoms with Crippen molar-refractivity contribution in [2.45, 2.75) is 79.6 Å². The molecule has 0 aromatic carbocycles. The number of fused-ring (bicyclic) bond motifs is 2. The van der Waals surface area contributed by atoms with E-state index in [0.717, 1.165) is 11.1 Å². The van der Waals surface area contributed by atoms with Crippen molar-refractivity contribution in [2.24, 2.45) is 10.8 Å². The lowest BCUT2D eigenvalue weighted by atomic mass is 9.65. The molecule has 2 aliphatic heterocycles. The number of allylic oxidation sites excluding steroid dienone is 2. The molecule has 1 aromatic heterocycles. The molecular weight excluding hydrogens is 396 g/mol. The molecule has 0 amide bonds. The van der Waals surface area contributed by atoms with Crippen LogP contribution in [0.25, 0.3) is 0 Å². The summed E-state index contributed by atoms with van der Waals surface area (Å²) in [4.78, 5) is 17.4. The highest BCUT2D eigenvalue weighted by Gasteiger charge is 2.67. The largest absolute Gasteiger partial charge is 0.445 e. The Labute approximate surface area is 183 Å². The van der Waals surface area contributed by atoms with Crippen LogP contribution in [0.15, 0.2) is 39.3 Å². The van der Waals surface area contributed by atoms with Crippen LogP contribution in [0.3, 0.4) is 0 Å². The van der Waals surface area contributed by atoms with Gasteiger partial charge in [-0.25, -0.2) is 4.79 Å². The van der Waals surface area contributed by atoms with Crippen molar-refractivity contribution in [2.75, 3.05) is 0 Å². The number of esters is 1. The normalized spacial score (nSPS) is 29.4. The van der Waals surface area contributed by atoms with Crippen LogP contribution in [-0.2, 0) is 15.1 Å². The second-order valence-corrected chi connectivity index (χ2v) is 14.0. The predicted molar refractivity (Wildman–Crippen MR) is 124 cm³/mol. The van der Waals surface area contributed by atoms with Gasteiger partial charge in [0.15, 0.2) is 5.60 Å². The molecule has 3 heterocycles. The fourth-order valence-corrected chi connectivity index (χ4v) is 7.99. The van der Waals surface area contributed by atoms with E-state index in [4.69, 9.17) is 4.74 Å². The Morgan fingerprint density at radius 1 is 1.03 bits per heavy atom. The Hall–Kier alpha value is -1.26. The first-order valence-corrected chi connectivity index (χ1v) is 12.0. The van der Waals surface area contributed by atoms with Crippen LogP contribution in [0.2, 0.25) is 0 Å². The second-order valence-electron chi connectivity index (χ2n) is 10.8. The number of hydrogen-bond acceptors (Lipinski definition) is 4. The number of thiophene rings is 1. The molecular formula is C25H32O2S2. The van der Waals surface area contributed by atoms with Crippen LogP contribution in [0.4, 0.5) is 0 Å². The zero-order valence-electron chi connectivity index (χ0n) is 19.3. The van der Waals surface area contributed by atoms with E-state index >= 15 is 0 Å². The van der Waals surface area contributed by atoms with Gasteiger partial charge in [-0.2, -0.15) is 0 Å². The highest BCUT2D eigenvalue weighted by Crippen LogP contribution is 2.69. The first-order valence-electron chi connectivity index (χ1n) is 10.3. The molecule has 0 N–H and O–H groups in total. The van der Waals surface area contributed by atoms with Crippen molar-refractivity contribution in [3.05, 3.63) is 54.7 Å². The van der Waals surface area contributed by atoms with Crippen LogP contribution in [0.5, 0.6) is 0 Å². The summed E-state index contributed by atoms with van der Waals surface area (Å²) in [5.74, 6) is -0.155. The van der Waals surface area contributed by atoms with Crippen LogP contribution in [0.1, 0.15) is 70.7 Å². The summed E-state index contributed by atoms with van der Waals surface area (Å²) in [7, 11) is 0. The maximum atomic E-state index is 13.6. The number of aryl methyl sites for hydroxylation is 2. The van der Waals surface area contributed by atoms with Gasteiger partial charge in [0.25, 0.3) is 0 Å². The monoisotopic (exact) mass is 428 g/mol. The van der Waals surface area contributed by atoms with Gasteiger partial charge in [0.05, 0.1) is 10.3 Å². The third-order valence-electron chi connectivity index (χ3n) is 6.50. The molecule has 4 heteroatoms. The van der Waals surface area contributed by atoms with E-state index in [1.54, 1.807) is 11.3 Å². The number of carbonyl (C=O) groups is 1. The molecule has 0 spiro atoms. The van der Waals surface area contributed by atoms with E-state index in [0.29, 0.717) is 0 Å². The highest BCUT2D eigenvalue weighted by atomic mass is 32.2. The van der Waals surface area contributed by atoms with Crippen LogP contribution < -0.4 is 0 Å². The molecule has 2 nitrogen and oxygen atoms in total. The van der Waals surface area contributed by atoms with E-state index in [1.807, 2.05) is 11.8 Å². The molecule has 1 aromatic rings. The van der Waals surface area contributed by atoms with Crippen LogP contribution >= 0.6 is 23.1 Å². The van der Waals surface area contributed by atoms with Gasteiger partial charge in [0, 0.05) is 26.3 Å². The summed E-state index contributed by atoms with van der Waals surface area (Å²) in [5, 5.41) is 0. The molecule has 156 valence electrons. The Bertz CT molecular complexity index is 1040. The van der Waals surface area contributed by atoms with Gasteiger partial charge >= 0.3 is 5.97 Å². The maximum absolute atomic E-state index is 13.6. The average Bonchev–Trinajstić information content (AvgIpc) is 3.17. The third-order valence-corrected chi connectivity index (χ3v) is 8.74. The molecule has 29 heavy (non-hydrogen) atoms. The molecule has 2 atom stereocenters. The van der Waals surface area contributed by atoms with Gasteiger partial charge in [0.2, 0.25) is 0 Å². The lowest BCUT2D eigenvalue weighted by Crippen LogP contribution is -2.47. The lowest BCUT2D eigenvalue weighted by Gasteiger charge is -2.46. The number of carbonyl (C=O) groups excluding carboxylic acids is 1. The summed E-state index contributed by atoms with van der Waals surface area (Å²) in [6.07, 6.45) is 2.30. The van der Waals surface area contributed by atoms with E-state index in [-0.39, 0.29) is 21.5 Å². The predicted octanol–water partition coefficient (Wildman–Crippen LogP) is 7.23. The first-order chi connectivity index (χ1) is 13.1. The fraction of sp³-hybridized carbons (Fsp3) is 0.560. The van der Waals surface area contributed by atoms with E-state index < -0.39 is 5.60 Å². The van der Waals surface area contributed by atoms with Crippen molar-refractivity contribution in [3.8, 4) is 0 Å². The average molecular weight is 429 g/mol. The van der Waals surface area contributed by atoms with Crippen LogP contribution in [0, 0.1) is 24.7 Å². The summed E-state index contributed by atoms with van der Waals surface area (Å²) >= 11 is 3.67. The van der Waals surface area contributed by atoms with Crippen molar-refractivity contribution >= 4 is 29.1 Å². The van der Waals surface area contributed by atoms with Gasteiger partial charge in [-0.15, -0.1) is 23.1 Å². The zero-order chi connectivity index (χ0) is 21.7. The minimum Gasteiger partial charge on any atom is -0.445 e. The zero-order valence-corrected chi connectivity index (χ0v) is 20.9. The minimum absolute atomic E-state index is 0.137. The van der Waals surface area contributed by atoms with Crippen molar-refractivity contribution < 1.29 is 9.53 Å². The summed E-state index contributed by atoms with van der Waals surface area (Å²) in [6, 6.07) is 2.24. The van der Waals surface area contributed by atoms with E-state index in [9.17, 15) is 4.79 Å². The van der Waals surface area contributed by atoms with Crippen LogP contribution in [-0.4, -0.2) is 10.7 Å². The molecule has 3 aliphatic rings. The lowest BCUT2D eigenvalue weighted by molar-refractivity contribution is -0.158. The Kier molecular flexibility index (Phi) is 4.28. The smallest absolute Gasteiger partial charge is 0.339 e. The van der Waals surface area contributed by atoms with Gasteiger partial charge < -0.3 is 4.74 Å². The molecule has 0 radical (unpaired) electrons. The number of hydrogen-bond donors (Lipinski definition) is 0. The van der Waals surface area contributed by atoms with Gasteiger partial charge in [-0.3, -0.25) is 0 Å². The minimum atomic E-state index is -0.757. The molecule has 4 rings (SSSR count). The Balaban J connectivity index is 2.13. The maximum Gasteiger partial charge on any atom is 0.339 e. The molecule has 0 saturated carbocycles. The summed E-state index contributed by atoms with van der Waals surface area (Å²) in [5.41, 5.74) is 4.45. The Morgan fingerprint density at radius 3 is 2.14 bits per heavy atom. The van der Waals surface area contributed by atoms with Crippen molar-refractivity contribution in [1.82, 2.24) is 0 Å². The molecule has 0 saturated heterocycles. The molecule has 0 bridgehead atoms. The van der Waals surface area contributed by atoms with Gasteiger partial charge in [-0.1, -0.05) is 41.5 Å². The number of thioether (sulfide) groups is 1. The van der Waals surface area contributed by atoms with E-state index in [1.165, 1.54) is 31.4 Å². The third kappa shape index (κ3) is 2.57. The second kappa shape index (κ2) is 5.91. The molecule has 0 unspecified atom stereocenters. The first kappa shape index (κ1) is 21.0. The Morgan fingerprint density at radius 2 is 1.66 bits per heavy atom. The molecule has 1 aliphatic carbocycles. The topological polar surface area (TPSA) is 26.3 Å². The van der Waals surface area contributed by atoms with E-state index in [2.05, 4.69) is 81.4 Å². The highest BCUT2D eigenvalue weighted by molar-refractivity contribution is 8.05. The summed E-state index contributed by atoms with van der Waals surface area (Å²) < 4.78 is 6.24. The number of ether oxygens (including phenoxy) is 1. The number of rotatable bonds is 1. The quantitative estimate of drug-likeness (QED) is 0.441. The SMILES string of the molecule is CC1=CC2=C(C(C)(C)C)C3=C([C@]2(C)S1)[C@@](c1cc(C)sc1C)(C(C)(C)C)OC3=O. The summed E-state index contributed by atoms with van der Waals surface area (Å²) in [6.45, 7) is 22.0. The van der Waals surface area contributed by atoms with Gasteiger partial charge in [0.1, 0.15) is 0 Å². The fourth-order valence-electron chi connectivity index (χ4n) is 5.58. The van der Waals surface area contributed by atoms with Crippen molar-refractivity contribution in [1.29, 1.82) is 0 Å². The van der Waals surface area contributed by atoms with Crippen molar-refractivity contribution in [3.63, 3.8) is 0 Å². The van der Waals surface area contributed by atoms with Gasteiger partial charge in [-0.05, 0) is 61.3 Å². The molecule has 0 fully saturated rings.